The second kappa shape index (κ2) is 6.91. The molecule has 1 aromatic carbocycles. The molecule has 0 bridgehead atoms. The number of amides is 1. The van der Waals surface area contributed by atoms with Crippen molar-refractivity contribution < 1.29 is 19.4 Å². The van der Waals surface area contributed by atoms with Crippen molar-refractivity contribution in [1.82, 2.24) is 5.32 Å². The smallest absolute Gasteiger partial charge is 0.405 e. The predicted molar refractivity (Wildman–Crippen MR) is 79.5 cm³/mol. The van der Waals surface area contributed by atoms with Gasteiger partial charge in [0, 0.05) is 14.2 Å². The van der Waals surface area contributed by atoms with Crippen LogP contribution in [0.3, 0.4) is 0 Å². The molecule has 0 spiro atoms. The highest BCUT2D eigenvalue weighted by Gasteiger charge is 2.42. The standard InChI is InChI=1S/C16H23NO4/c1-20-13-8-14(21-2)11-16(10-13,17-15(18)19)9-12-6-4-3-5-7-12/h3-7,13-14,17H,8-11H2,1-2H3,(H,18,19). The summed E-state index contributed by atoms with van der Waals surface area (Å²) >= 11 is 0. The van der Waals surface area contributed by atoms with Gasteiger partial charge >= 0.3 is 6.09 Å². The summed E-state index contributed by atoms with van der Waals surface area (Å²) in [6, 6.07) is 9.92. The van der Waals surface area contributed by atoms with Crippen molar-refractivity contribution in [2.75, 3.05) is 14.2 Å². The highest BCUT2D eigenvalue weighted by Crippen LogP contribution is 2.34. The minimum atomic E-state index is -1.00. The van der Waals surface area contributed by atoms with Crippen LogP contribution in [0.2, 0.25) is 0 Å². The molecule has 5 heteroatoms. The van der Waals surface area contributed by atoms with Gasteiger partial charge in [0.05, 0.1) is 17.7 Å². The van der Waals surface area contributed by atoms with Crippen LogP contribution in [-0.2, 0) is 15.9 Å². The van der Waals surface area contributed by atoms with Crippen LogP contribution < -0.4 is 5.32 Å². The molecule has 1 aliphatic rings. The molecule has 2 atom stereocenters. The van der Waals surface area contributed by atoms with Gasteiger partial charge in [0.15, 0.2) is 0 Å². The van der Waals surface area contributed by atoms with Gasteiger partial charge in [0.25, 0.3) is 0 Å². The lowest BCUT2D eigenvalue weighted by Crippen LogP contribution is -2.57. The van der Waals surface area contributed by atoms with E-state index in [4.69, 9.17) is 9.47 Å². The first-order chi connectivity index (χ1) is 10.1. The molecule has 2 N–H and O–H groups in total. The van der Waals surface area contributed by atoms with Crippen molar-refractivity contribution in [1.29, 1.82) is 0 Å². The van der Waals surface area contributed by atoms with Crippen molar-refractivity contribution >= 4 is 6.09 Å². The van der Waals surface area contributed by atoms with Gasteiger partial charge in [-0.1, -0.05) is 30.3 Å². The zero-order chi connectivity index (χ0) is 15.3. The zero-order valence-electron chi connectivity index (χ0n) is 12.5. The molecule has 1 amide bonds. The van der Waals surface area contributed by atoms with E-state index in [0.29, 0.717) is 19.3 Å². The van der Waals surface area contributed by atoms with Crippen molar-refractivity contribution in [3.8, 4) is 0 Å². The fourth-order valence-electron chi connectivity index (χ4n) is 3.28. The van der Waals surface area contributed by atoms with E-state index < -0.39 is 11.6 Å². The van der Waals surface area contributed by atoms with Gasteiger partial charge in [-0.3, -0.25) is 0 Å². The van der Waals surface area contributed by atoms with E-state index in [0.717, 1.165) is 12.0 Å². The number of carbonyl (C=O) groups is 1. The summed E-state index contributed by atoms with van der Waals surface area (Å²) in [7, 11) is 3.33. The summed E-state index contributed by atoms with van der Waals surface area (Å²) in [5, 5.41) is 12.0. The first kappa shape index (κ1) is 15.8. The number of ether oxygens (including phenoxy) is 2. The predicted octanol–water partition coefficient (Wildman–Crippen LogP) is 2.45. The number of nitrogens with one attached hydrogen (secondary N) is 1. The summed E-state index contributed by atoms with van der Waals surface area (Å²) in [4.78, 5) is 11.3. The van der Waals surface area contributed by atoms with Gasteiger partial charge in [0.2, 0.25) is 0 Å². The Hall–Kier alpha value is -1.59. The average Bonchev–Trinajstić information content (AvgIpc) is 2.46. The Morgan fingerprint density at radius 1 is 1.24 bits per heavy atom. The molecule has 1 saturated carbocycles. The van der Waals surface area contributed by atoms with Crippen molar-refractivity contribution in [2.45, 2.75) is 43.4 Å². The molecule has 5 nitrogen and oxygen atoms in total. The maximum Gasteiger partial charge on any atom is 0.405 e. The molecule has 116 valence electrons. The third-order valence-corrected chi connectivity index (χ3v) is 4.19. The summed E-state index contributed by atoms with van der Waals surface area (Å²) in [6.07, 6.45) is 1.75. The van der Waals surface area contributed by atoms with E-state index in [-0.39, 0.29) is 12.2 Å². The maximum atomic E-state index is 11.3. The Balaban J connectivity index is 2.24. The number of hydrogen-bond acceptors (Lipinski definition) is 3. The Bertz CT molecular complexity index is 451. The minimum Gasteiger partial charge on any atom is -0.465 e. The maximum absolute atomic E-state index is 11.3. The molecule has 0 aliphatic heterocycles. The van der Waals surface area contributed by atoms with E-state index >= 15 is 0 Å². The number of rotatable bonds is 5. The second-order valence-corrected chi connectivity index (χ2v) is 5.73. The van der Waals surface area contributed by atoms with Crippen LogP contribution in [0.1, 0.15) is 24.8 Å². The molecule has 0 saturated heterocycles. The van der Waals surface area contributed by atoms with Crippen LogP contribution in [0.25, 0.3) is 0 Å². The molecular formula is C16H23NO4. The van der Waals surface area contributed by atoms with E-state index in [1.54, 1.807) is 14.2 Å². The number of methoxy groups -OCH3 is 2. The van der Waals surface area contributed by atoms with E-state index in [9.17, 15) is 9.90 Å². The van der Waals surface area contributed by atoms with E-state index in [1.165, 1.54) is 0 Å². The topological polar surface area (TPSA) is 67.8 Å². The molecule has 21 heavy (non-hydrogen) atoms. The number of carboxylic acid groups (broad SMARTS) is 1. The lowest BCUT2D eigenvalue weighted by molar-refractivity contribution is -0.0443. The molecule has 1 aliphatic carbocycles. The second-order valence-electron chi connectivity index (χ2n) is 5.73. The highest BCUT2D eigenvalue weighted by molar-refractivity contribution is 5.65. The van der Waals surface area contributed by atoms with Crippen LogP contribution >= 0.6 is 0 Å². The number of hydrogen-bond donors (Lipinski definition) is 2. The molecule has 1 aromatic rings. The van der Waals surface area contributed by atoms with Crippen LogP contribution in [0, 0.1) is 0 Å². The highest BCUT2D eigenvalue weighted by atomic mass is 16.5. The summed E-state index contributed by atoms with van der Waals surface area (Å²) in [6.45, 7) is 0. The molecule has 0 heterocycles. The van der Waals surface area contributed by atoms with Crippen LogP contribution in [0.4, 0.5) is 4.79 Å². The summed E-state index contributed by atoms with van der Waals surface area (Å²) in [5.41, 5.74) is 0.560. The Kier molecular flexibility index (Phi) is 5.20. The normalized spacial score (nSPS) is 29.0. The summed E-state index contributed by atoms with van der Waals surface area (Å²) in [5.74, 6) is 0. The van der Waals surface area contributed by atoms with Crippen LogP contribution in [0.15, 0.2) is 30.3 Å². The van der Waals surface area contributed by atoms with Gasteiger partial charge in [-0.15, -0.1) is 0 Å². The molecule has 2 unspecified atom stereocenters. The van der Waals surface area contributed by atoms with Gasteiger partial charge in [-0.05, 0) is 31.2 Å². The van der Waals surface area contributed by atoms with Crippen molar-refractivity contribution in [3.05, 3.63) is 35.9 Å². The quantitative estimate of drug-likeness (QED) is 0.875. The van der Waals surface area contributed by atoms with E-state index in [1.807, 2.05) is 30.3 Å². The fraction of sp³-hybridized carbons (Fsp3) is 0.562. The molecule has 2 rings (SSSR count). The minimum absolute atomic E-state index is 0.000683. The van der Waals surface area contributed by atoms with Crippen molar-refractivity contribution in [3.63, 3.8) is 0 Å². The third-order valence-electron chi connectivity index (χ3n) is 4.19. The van der Waals surface area contributed by atoms with Gasteiger partial charge < -0.3 is 19.9 Å². The first-order valence-corrected chi connectivity index (χ1v) is 7.17. The third kappa shape index (κ3) is 4.19. The van der Waals surface area contributed by atoms with E-state index in [2.05, 4.69) is 5.32 Å². The summed E-state index contributed by atoms with van der Waals surface area (Å²) < 4.78 is 11.0. The lowest BCUT2D eigenvalue weighted by Gasteiger charge is -2.43. The Morgan fingerprint density at radius 2 is 1.81 bits per heavy atom. The average molecular weight is 293 g/mol. The molecule has 0 radical (unpaired) electrons. The molecular weight excluding hydrogens is 270 g/mol. The van der Waals surface area contributed by atoms with Crippen molar-refractivity contribution in [2.24, 2.45) is 0 Å². The molecule has 0 aromatic heterocycles. The lowest BCUT2D eigenvalue weighted by atomic mass is 9.75. The van der Waals surface area contributed by atoms with Crippen LogP contribution in [-0.4, -0.2) is 43.2 Å². The SMILES string of the molecule is COC1CC(OC)CC(Cc2ccccc2)(NC(=O)O)C1. The monoisotopic (exact) mass is 293 g/mol. The molecule has 1 fully saturated rings. The Labute approximate surface area is 125 Å². The largest absolute Gasteiger partial charge is 0.465 e. The Morgan fingerprint density at radius 3 is 2.29 bits per heavy atom. The first-order valence-electron chi connectivity index (χ1n) is 7.17. The zero-order valence-corrected chi connectivity index (χ0v) is 12.5. The van der Waals surface area contributed by atoms with Gasteiger partial charge in [-0.2, -0.15) is 0 Å². The van der Waals surface area contributed by atoms with Gasteiger partial charge in [-0.25, -0.2) is 4.79 Å². The van der Waals surface area contributed by atoms with Crippen LogP contribution in [0.5, 0.6) is 0 Å². The van der Waals surface area contributed by atoms with Gasteiger partial charge in [0.1, 0.15) is 0 Å². The fourth-order valence-corrected chi connectivity index (χ4v) is 3.28. The number of benzene rings is 1.